The van der Waals surface area contributed by atoms with Gasteiger partial charge in [-0.1, -0.05) is 39.0 Å². The van der Waals surface area contributed by atoms with Gasteiger partial charge in [-0.15, -0.1) is 0 Å². The fourth-order valence-corrected chi connectivity index (χ4v) is 3.45. The maximum Gasteiger partial charge on any atom is 0.343 e. The SMILES string of the molecule is CCCCCCCCc1cnc(-c2ccc(OC(=O)C(O)C(O)C(O)C(O)C(O)CO)cc2)nc1. The Morgan fingerprint density at radius 1 is 0.857 bits per heavy atom. The molecule has 0 bridgehead atoms. The summed E-state index contributed by atoms with van der Waals surface area (Å²) in [5.74, 6) is -0.704. The number of hydrogen-bond donors (Lipinski definition) is 6. The number of esters is 1. The molecule has 1 heterocycles. The Labute approximate surface area is 204 Å². The summed E-state index contributed by atoms with van der Waals surface area (Å²) < 4.78 is 5.01. The minimum absolute atomic E-state index is 0.0649. The molecule has 1 aromatic heterocycles. The number of ether oxygens (including phenoxy) is 1. The van der Waals surface area contributed by atoms with E-state index in [-0.39, 0.29) is 5.75 Å². The van der Waals surface area contributed by atoms with Gasteiger partial charge in [-0.25, -0.2) is 14.8 Å². The summed E-state index contributed by atoms with van der Waals surface area (Å²) in [7, 11) is 0. The van der Waals surface area contributed by atoms with Crippen molar-refractivity contribution in [3.63, 3.8) is 0 Å². The smallest absolute Gasteiger partial charge is 0.343 e. The van der Waals surface area contributed by atoms with E-state index in [9.17, 15) is 30.3 Å². The summed E-state index contributed by atoms with van der Waals surface area (Å²) in [4.78, 5) is 20.9. The molecular formula is C25H36N2O8. The lowest BCUT2D eigenvalue weighted by Gasteiger charge is -2.27. The first-order valence-electron chi connectivity index (χ1n) is 11.9. The molecule has 0 amide bonds. The molecule has 2 aromatic rings. The molecule has 10 nitrogen and oxygen atoms in total. The third kappa shape index (κ3) is 8.92. The van der Waals surface area contributed by atoms with Crippen molar-refractivity contribution in [1.29, 1.82) is 0 Å². The average Bonchev–Trinajstić information content (AvgIpc) is 2.89. The van der Waals surface area contributed by atoms with Crippen LogP contribution in [0.5, 0.6) is 5.75 Å². The highest BCUT2D eigenvalue weighted by Gasteiger charge is 2.38. The summed E-state index contributed by atoms with van der Waals surface area (Å²) in [6.07, 6.45) is 1.67. The van der Waals surface area contributed by atoms with Crippen LogP contribution in [0.25, 0.3) is 11.4 Å². The van der Waals surface area contributed by atoms with Crippen LogP contribution in [-0.2, 0) is 11.2 Å². The Balaban J connectivity index is 1.88. The molecule has 2 rings (SSSR count). The van der Waals surface area contributed by atoms with E-state index < -0.39 is 43.1 Å². The fraction of sp³-hybridized carbons (Fsp3) is 0.560. The summed E-state index contributed by atoms with van der Waals surface area (Å²) in [6.45, 7) is 1.31. The predicted octanol–water partition coefficient (Wildman–Crippen LogP) is 0.749. The summed E-state index contributed by atoms with van der Waals surface area (Å²) in [5, 5.41) is 57.4. The number of aromatic nitrogens is 2. The van der Waals surface area contributed by atoms with E-state index >= 15 is 0 Å². The molecule has 5 atom stereocenters. The Morgan fingerprint density at radius 3 is 2.06 bits per heavy atom. The molecule has 5 unspecified atom stereocenters. The molecule has 10 heteroatoms. The number of nitrogens with zero attached hydrogens (tertiary/aromatic N) is 2. The second-order valence-corrected chi connectivity index (χ2v) is 8.54. The van der Waals surface area contributed by atoms with E-state index in [1.165, 1.54) is 44.2 Å². The number of rotatable bonds is 15. The topological polar surface area (TPSA) is 173 Å². The lowest BCUT2D eigenvalue weighted by atomic mass is 9.99. The number of hydrogen-bond acceptors (Lipinski definition) is 10. The van der Waals surface area contributed by atoms with Crippen LogP contribution in [0, 0.1) is 0 Å². The van der Waals surface area contributed by atoms with Gasteiger partial charge in [0, 0.05) is 18.0 Å². The number of carbonyl (C=O) groups is 1. The zero-order chi connectivity index (χ0) is 25.8. The highest BCUT2D eigenvalue weighted by atomic mass is 16.6. The van der Waals surface area contributed by atoms with Gasteiger partial charge in [0.15, 0.2) is 11.9 Å². The second-order valence-electron chi connectivity index (χ2n) is 8.54. The third-order valence-corrected chi connectivity index (χ3v) is 5.70. The minimum Gasteiger partial charge on any atom is -0.425 e. The maximum absolute atomic E-state index is 12.1. The first-order chi connectivity index (χ1) is 16.8. The molecule has 0 saturated carbocycles. The molecule has 0 aliphatic heterocycles. The van der Waals surface area contributed by atoms with Crippen molar-refractivity contribution in [3.8, 4) is 17.1 Å². The molecule has 1 aromatic carbocycles. The van der Waals surface area contributed by atoms with Gasteiger partial charge in [-0.05, 0) is 42.7 Å². The van der Waals surface area contributed by atoms with Crippen molar-refractivity contribution in [2.75, 3.05) is 6.61 Å². The summed E-state index contributed by atoms with van der Waals surface area (Å²) >= 11 is 0. The third-order valence-electron chi connectivity index (χ3n) is 5.70. The molecule has 0 fully saturated rings. The van der Waals surface area contributed by atoms with Crippen LogP contribution in [0.4, 0.5) is 0 Å². The predicted molar refractivity (Wildman–Crippen MR) is 127 cm³/mol. The average molecular weight is 493 g/mol. The minimum atomic E-state index is -2.20. The van der Waals surface area contributed by atoms with Gasteiger partial charge in [0.05, 0.1) is 6.61 Å². The molecule has 0 spiro atoms. The molecule has 194 valence electrons. The quantitative estimate of drug-likeness (QED) is 0.118. The van der Waals surface area contributed by atoms with Crippen LogP contribution in [0.3, 0.4) is 0 Å². The standard InChI is InChI=1S/C25H36N2O8/c1-2-3-4-5-6-7-8-16-13-26-24(27-14-16)17-9-11-18(12-10-17)35-25(34)23(33)22(32)21(31)20(30)19(29)15-28/h9-14,19-23,28-33H,2-8,15H2,1H3. The number of aliphatic hydroxyl groups is 6. The van der Waals surface area contributed by atoms with E-state index in [1.807, 2.05) is 0 Å². The van der Waals surface area contributed by atoms with Crippen molar-refractivity contribution < 1.29 is 40.2 Å². The number of aryl methyl sites for hydroxylation is 1. The largest absolute Gasteiger partial charge is 0.425 e. The van der Waals surface area contributed by atoms with Crippen LogP contribution in [0.15, 0.2) is 36.7 Å². The van der Waals surface area contributed by atoms with Gasteiger partial charge in [0.2, 0.25) is 0 Å². The molecular weight excluding hydrogens is 456 g/mol. The number of benzene rings is 1. The Hall–Kier alpha value is -2.47. The fourth-order valence-electron chi connectivity index (χ4n) is 3.45. The van der Waals surface area contributed by atoms with Gasteiger partial charge in [0.1, 0.15) is 30.2 Å². The highest BCUT2D eigenvalue weighted by molar-refractivity contribution is 5.78. The van der Waals surface area contributed by atoms with Gasteiger partial charge in [-0.2, -0.15) is 0 Å². The zero-order valence-electron chi connectivity index (χ0n) is 19.9. The molecule has 0 saturated heterocycles. The van der Waals surface area contributed by atoms with Crippen LogP contribution in [-0.4, -0.2) is 83.7 Å². The van der Waals surface area contributed by atoms with Crippen molar-refractivity contribution in [3.05, 3.63) is 42.2 Å². The second kappa shape index (κ2) is 14.8. The van der Waals surface area contributed by atoms with Gasteiger partial charge >= 0.3 is 5.97 Å². The Kier molecular flexibility index (Phi) is 12.2. The van der Waals surface area contributed by atoms with Crippen molar-refractivity contribution in [1.82, 2.24) is 9.97 Å². The van der Waals surface area contributed by atoms with Crippen LogP contribution >= 0.6 is 0 Å². The normalized spacial score (nSPS) is 15.7. The van der Waals surface area contributed by atoms with Crippen LogP contribution in [0.2, 0.25) is 0 Å². The molecule has 0 aliphatic carbocycles. The van der Waals surface area contributed by atoms with E-state index in [0.717, 1.165) is 18.4 Å². The molecule has 35 heavy (non-hydrogen) atoms. The summed E-state index contributed by atoms with van der Waals surface area (Å²) in [6, 6.07) is 6.18. The van der Waals surface area contributed by atoms with Gasteiger partial charge < -0.3 is 35.4 Å². The number of aliphatic hydroxyl groups excluding tert-OH is 6. The van der Waals surface area contributed by atoms with Crippen molar-refractivity contribution in [2.45, 2.75) is 82.4 Å². The van der Waals surface area contributed by atoms with Crippen molar-refractivity contribution in [2.24, 2.45) is 0 Å². The summed E-state index contributed by atoms with van der Waals surface area (Å²) in [5.41, 5.74) is 1.76. The van der Waals surface area contributed by atoms with E-state index in [2.05, 4.69) is 16.9 Å². The monoisotopic (exact) mass is 492 g/mol. The number of unbranched alkanes of at least 4 members (excludes halogenated alkanes) is 5. The van der Waals surface area contributed by atoms with Gasteiger partial charge in [0.25, 0.3) is 0 Å². The van der Waals surface area contributed by atoms with Gasteiger partial charge in [-0.3, -0.25) is 0 Å². The first kappa shape index (κ1) is 28.8. The lowest BCUT2D eigenvalue weighted by Crippen LogP contribution is -2.52. The van der Waals surface area contributed by atoms with E-state index in [0.29, 0.717) is 11.4 Å². The molecule has 6 N–H and O–H groups in total. The Bertz CT molecular complexity index is 878. The lowest BCUT2D eigenvalue weighted by molar-refractivity contribution is -0.167. The Morgan fingerprint density at radius 2 is 1.46 bits per heavy atom. The zero-order valence-corrected chi connectivity index (χ0v) is 19.9. The van der Waals surface area contributed by atoms with Crippen LogP contribution in [0.1, 0.15) is 51.0 Å². The molecule has 0 radical (unpaired) electrons. The van der Waals surface area contributed by atoms with Crippen molar-refractivity contribution >= 4 is 5.97 Å². The highest BCUT2D eigenvalue weighted by Crippen LogP contribution is 2.21. The molecule has 0 aliphatic rings. The number of carbonyl (C=O) groups excluding carboxylic acids is 1. The van der Waals surface area contributed by atoms with Crippen LogP contribution < -0.4 is 4.74 Å². The van der Waals surface area contributed by atoms with E-state index in [1.54, 1.807) is 24.5 Å². The maximum atomic E-state index is 12.1. The first-order valence-corrected chi connectivity index (χ1v) is 11.9. The van der Waals surface area contributed by atoms with E-state index in [4.69, 9.17) is 9.84 Å².